The van der Waals surface area contributed by atoms with Crippen LogP contribution >= 0.6 is 11.8 Å². The molecule has 2 unspecified atom stereocenters. The molecule has 0 spiro atoms. The maximum absolute atomic E-state index is 12.7. The first-order valence-electron chi connectivity index (χ1n) is 7.95. The van der Waals surface area contributed by atoms with Gasteiger partial charge in [0.1, 0.15) is 6.04 Å². The maximum Gasteiger partial charge on any atom is 0.248 e. The first-order valence-corrected chi connectivity index (χ1v) is 10.4. The van der Waals surface area contributed by atoms with E-state index in [1.807, 2.05) is 6.92 Å². The van der Waals surface area contributed by atoms with E-state index in [4.69, 9.17) is 0 Å². The van der Waals surface area contributed by atoms with E-state index in [9.17, 15) is 18.0 Å². The van der Waals surface area contributed by atoms with Crippen LogP contribution in [-0.2, 0) is 19.6 Å². The van der Waals surface area contributed by atoms with Gasteiger partial charge >= 0.3 is 0 Å². The molecule has 2 fully saturated rings. The van der Waals surface area contributed by atoms with Crippen LogP contribution in [0.25, 0.3) is 0 Å². The summed E-state index contributed by atoms with van der Waals surface area (Å²) in [6, 6.07) is 5.61. The number of nitrogens with zero attached hydrogens (tertiary/aromatic N) is 2. The molecule has 2 saturated heterocycles. The lowest BCUT2D eigenvalue weighted by molar-refractivity contribution is -0.135. The first-order chi connectivity index (χ1) is 11.6. The molecule has 2 amide bonds. The molecule has 25 heavy (non-hydrogen) atoms. The Kier molecular flexibility index (Phi) is 4.59. The van der Waals surface area contributed by atoms with Crippen LogP contribution in [0, 0.1) is 0 Å². The summed E-state index contributed by atoms with van der Waals surface area (Å²) in [6.45, 7) is 1.99. The van der Waals surface area contributed by atoms with Crippen molar-refractivity contribution in [2.75, 3.05) is 25.2 Å². The van der Waals surface area contributed by atoms with Crippen molar-refractivity contribution in [2.45, 2.75) is 35.6 Å². The quantitative estimate of drug-likeness (QED) is 0.848. The number of sulfonamides is 1. The molecule has 9 heteroatoms. The molecule has 1 N–H and O–H groups in total. The van der Waals surface area contributed by atoms with E-state index in [1.54, 1.807) is 28.8 Å². The fourth-order valence-electron chi connectivity index (χ4n) is 3.19. The lowest BCUT2D eigenvalue weighted by Crippen LogP contribution is -2.48. The highest BCUT2D eigenvalue weighted by molar-refractivity contribution is 8.01. The molecule has 0 aliphatic carbocycles. The molecule has 7 nitrogen and oxygen atoms in total. The van der Waals surface area contributed by atoms with Crippen LogP contribution in [0.4, 0.5) is 5.69 Å². The van der Waals surface area contributed by atoms with Crippen LogP contribution in [0.1, 0.15) is 19.8 Å². The van der Waals surface area contributed by atoms with Crippen molar-refractivity contribution < 1.29 is 18.0 Å². The zero-order valence-corrected chi connectivity index (χ0v) is 16.0. The minimum absolute atomic E-state index is 0.00316. The topological polar surface area (TPSA) is 86.8 Å². The van der Waals surface area contributed by atoms with Gasteiger partial charge in [-0.2, -0.15) is 0 Å². The molecular formula is C16H21N3O4S2. The number of rotatable bonds is 4. The molecule has 3 rings (SSSR count). The molecule has 2 aliphatic heterocycles. The minimum atomic E-state index is -3.57. The van der Waals surface area contributed by atoms with Gasteiger partial charge in [-0.05, 0) is 31.5 Å². The molecule has 2 aliphatic rings. The van der Waals surface area contributed by atoms with E-state index in [1.165, 1.54) is 26.2 Å². The fourth-order valence-corrected chi connectivity index (χ4v) is 5.57. The largest absolute Gasteiger partial charge is 0.324 e. The Morgan fingerprint density at radius 2 is 2.12 bits per heavy atom. The third kappa shape index (κ3) is 3.16. The summed E-state index contributed by atoms with van der Waals surface area (Å²) in [5.74, 6) is 0.256. The Bertz CT molecular complexity index is 824. The average Bonchev–Trinajstić information content (AvgIpc) is 3.04. The van der Waals surface area contributed by atoms with Crippen LogP contribution < -0.4 is 5.32 Å². The lowest BCUT2D eigenvalue weighted by atomic mass is 10.2. The van der Waals surface area contributed by atoms with Crippen LogP contribution in [0.15, 0.2) is 29.2 Å². The van der Waals surface area contributed by atoms with Crippen molar-refractivity contribution in [3.05, 3.63) is 24.3 Å². The van der Waals surface area contributed by atoms with Gasteiger partial charge < -0.3 is 10.2 Å². The number of nitrogens with one attached hydrogen (secondary N) is 1. The van der Waals surface area contributed by atoms with Crippen LogP contribution in [0.5, 0.6) is 0 Å². The van der Waals surface area contributed by atoms with Crippen molar-refractivity contribution in [3.63, 3.8) is 0 Å². The van der Waals surface area contributed by atoms with E-state index in [0.29, 0.717) is 17.9 Å². The summed E-state index contributed by atoms with van der Waals surface area (Å²) in [4.78, 5) is 26.3. The molecule has 0 saturated carbocycles. The maximum atomic E-state index is 12.7. The summed E-state index contributed by atoms with van der Waals surface area (Å²) in [5, 5.41) is 2.76. The highest BCUT2D eigenvalue weighted by Gasteiger charge is 2.52. The van der Waals surface area contributed by atoms with Crippen LogP contribution in [-0.4, -0.2) is 60.2 Å². The zero-order chi connectivity index (χ0) is 18.4. The number of carbonyl (C=O) groups excluding carboxylic acids is 2. The van der Waals surface area contributed by atoms with Gasteiger partial charge in [0.05, 0.1) is 9.77 Å². The van der Waals surface area contributed by atoms with Crippen molar-refractivity contribution in [3.8, 4) is 0 Å². The number of anilines is 1. The Labute approximate surface area is 151 Å². The summed E-state index contributed by atoms with van der Waals surface area (Å²) in [5.41, 5.74) is 0.401. The number of hydrogen-bond donors (Lipinski definition) is 1. The van der Waals surface area contributed by atoms with Crippen molar-refractivity contribution in [1.82, 2.24) is 9.21 Å². The highest BCUT2D eigenvalue weighted by Crippen LogP contribution is 2.47. The Balaban J connectivity index is 1.80. The van der Waals surface area contributed by atoms with E-state index in [0.717, 1.165) is 10.7 Å². The van der Waals surface area contributed by atoms with E-state index in [2.05, 4.69) is 5.32 Å². The number of fused-ring (bicyclic) bond motifs is 1. The van der Waals surface area contributed by atoms with Gasteiger partial charge in [-0.3, -0.25) is 9.59 Å². The van der Waals surface area contributed by atoms with E-state index < -0.39 is 16.1 Å². The fraction of sp³-hybridized carbons (Fsp3) is 0.500. The van der Waals surface area contributed by atoms with Crippen molar-refractivity contribution in [1.29, 1.82) is 0 Å². The average molecular weight is 383 g/mol. The Hall–Kier alpha value is -1.58. The monoisotopic (exact) mass is 383 g/mol. The molecule has 2 atom stereocenters. The van der Waals surface area contributed by atoms with E-state index in [-0.39, 0.29) is 21.6 Å². The molecular weight excluding hydrogens is 362 g/mol. The van der Waals surface area contributed by atoms with Gasteiger partial charge in [-0.1, -0.05) is 6.07 Å². The molecule has 0 bridgehead atoms. The summed E-state index contributed by atoms with van der Waals surface area (Å²) in [6.07, 6.45) is 1.21. The second-order valence-electron chi connectivity index (χ2n) is 6.57. The minimum Gasteiger partial charge on any atom is -0.324 e. The predicted octanol–water partition coefficient (Wildman–Crippen LogP) is 1.33. The third-order valence-corrected chi connectivity index (χ3v) is 7.94. The number of hydrogen-bond acceptors (Lipinski definition) is 5. The standard InChI is InChI=1S/C16H21N3O4S2/c1-16-8-7-14(20)19(16)13(10-24-16)15(21)17-11-5-4-6-12(9-11)25(22,23)18(2)3/h4-6,9,13H,7-8,10H2,1-3H3,(H,17,21). The predicted molar refractivity (Wildman–Crippen MR) is 96.7 cm³/mol. The third-order valence-electron chi connectivity index (χ3n) is 4.63. The lowest BCUT2D eigenvalue weighted by Gasteiger charge is -2.29. The summed E-state index contributed by atoms with van der Waals surface area (Å²) in [7, 11) is -0.665. The number of thioether (sulfide) groups is 1. The SMILES string of the molecule is CN(C)S(=O)(=O)c1cccc(NC(=O)C2CSC3(C)CCC(=O)N23)c1. The van der Waals surface area contributed by atoms with Gasteiger partial charge in [0, 0.05) is 32.0 Å². The summed E-state index contributed by atoms with van der Waals surface area (Å²) < 4.78 is 25.6. The van der Waals surface area contributed by atoms with Crippen molar-refractivity contribution in [2.24, 2.45) is 0 Å². The van der Waals surface area contributed by atoms with Crippen molar-refractivity contribution >= 4 is 39.3 Å². The second kappa shape index (κ2) is 6.30. The van der Waals surface area contributed by atoms with E-state index >= 15 is 0 Å². The smallest absolute Gasteiger partial charge is 0.248 e. The molecule has 0 aromatic heterocycles. The first kappa shape index (κ1) is 18.2. The normalized spacial score (nSPS) is 26.2. The van der Waals surface area contributed by atoms with Gasteiger partial charge in [-0.15, -0.1) is 11.8 Å². The zero-order valence-electron chi connectivity index (χ0n) is 14.4. The molecule has 136 valence electrons. The molecule has 0 radical (unpaired) electrons. The van der Waals surface area contributed by atoms with Gasteiger partial charge in [0.15, 0.2) is 0 Å². The number of carbonyl (C=O) groups is 2. The summed E-state index contributed by atoms with van der Waals surface area (Å²) >= 11 is 1.62. The molecule has 2 heterocycles. The van der Waals surface area contributed by atoms with Gasteiger partial charge in [0.2, 0.25) is 21.8 Å². The Morgan fingerprint density at radius 1 is 1.40 bits per heavy atom. The Morgan fingerprint density at radius 3 is 2.80 bits per heavy atom. The molecule has 1 aromatic rings. The number of amides is 2. The number of benzene rings is 1. The highest BCUT2D eigenvalue weighted by atomic mass is 32.2. The second-order valence-corrected chi connectivity index (χ2v) is 10.2. The van der Waals surface area contributed by atoms with Crippen LogP contribution in [0.2, 0.25) is 0 Å². The van der Waals surface area contributed by atoms with Gasteiger partial charge in [0.25, 0.3) is 0 Å². The van der Waals surface area contributed by atoms with Gasteiger partial charge in [-0.25, -0.2) is 12.7 Å². The van der Waals surface area contributed by atoms with Crippen LogP contribution in [0.3, 0.4) is 0 Å². The molecule has 1 aromatic carbocycles.